The molecule has 0 aromatic carbocycles. The fraction of sp³-hybridized carbons (Fsp3) is 0.684. The summed E-state index contributed by atoms with van der Waals surface area (Å²) in [5.41, 5.74) is -0.398. The highest BCUT2D eigenvalue weighted by molar-refractivity contribution is 7.13. The lowest BCUT2D eigenvalue weighted by Crippen LogP contribution is -2.50. The topological polar surface area (TPSA) is 82.6 Å². The van der Waals surface area contributed by atoms with Gasteiger partial charge in [0.15, 0.2) is 5.13 Å². The number of aromatic nitrogens is 1. The molecule has 0 saturated carbocycles. The first-order valence-corrected chi connectivity index (χ1v) is 10.5. The van der Waals surface area contributed by atoms with E-state index < -0.39 is 11.5 Å². The highest BCUT2D eigenvalue weighted by atomic mass is 32.1. The van der Waals surface area contributed by atoms with E-state index in [1.165, 1.54) is 11.3 Å². The molecule has 27 heavy (non-hydrogen) atoms. The summed E-state index contributed by atoms with van der Waals surface area (Å²) in [6, 6.07) is -0.421. The molecule has 0 spiro atoms. The molecule has 0 unspecified atom stereocenters. The van der Waals surface area contributed by atoms with Gasteiger partial charge in [0.1, 0.15) is 6.04 Å². The number of carbonyl (C=O) groups is 3. The minimum absolute atomic E-state index is 0.0506. The summed E-state index contributed by atoms with van der Waals surface area (Å²) >= 11 is 1.37. The van der Waals surface area contributed by atoms with Gasteiger partial charge >= 0.3 is 0 Å². The van der Waals surface area contributed by atoms with E-state index in [9.17, 15) is 14.4 Å². The van der Waals surface area contributed by atoms with Crippen molar-refractivity contribution in [2.75, 3.05) is 25.0 Å². The number of hydrogen-bond acceptors (Lipinski definition) is 5. The average molecular weight is 393 g/mol. The van der Waals surface area contributed by atoms with Crippen LogP contribution in [0, 0.1) is 11.3 Å². The van der Waals surface area contributed by atoms with Crippen LogP contribution >= 0.6 is 11.3 Å². The van der Waals surface area contributed by atoms with Gasteiger partial charge in [-0.25, -0.2) is 4.98 Å². The van der Waals surface area contributed by atoms with E-state index in [0.29, 0.717) is 44.0 Å². The molecule has 2 fully saturated rings. The third kappa shape index (κ3) is 4.48. The Hall–Kier alpha value is -1.96. The van der Waals surface area contributed by atoms with Crippen LogP contribution in [0.25, 0.3) is 0 Å². The SMILES string of the molecule is CC(C)(C)C(=O)N1CCC(C(=O)N2CCC[C@@H]2C(=O)Nc2nccs2)CC1. The number of nitrogens with one attached hydrogen (secondary N) is 1. The Labute approximate surface area is 164 Å². The largest absolute Gasteiger partial charge is 0.342 e. The predicted octanol–water partition coefficient (Wildman–Crippen LogP) is 2.36. The molecular formula is C19H28N4O3S. The molecule has 1 aromatic rings. The highest BCUT2D eigenvalue weighted by Crippen LogP contribution is 2.28. The van der Waals surface area contributed by atoms with Gasteiger partial charge in [0.05, 0.1) is 0 Å². The number of thiazole rings is 1. The van der Waals surface area contributed by atoms with Crippen LogP contribution in [-0.2, 0) is 14.4 Å². The average Bonchev–Trinajstić information content (AvgIpc) is 3.31. The molecule has 148 valence electrons. The zero-order valence-corrected chi connectivity index (χ0v) is 17.1. The lowest BCUT2D eigenvalue weighted by Gasteiger charge is -2.37. The monoisotopic (exact) mass is 392 g/mol. The Balaban J connectivity index is 1.57. The Morgan fingerprint density at radius 3 is 2.44 bits per heavy atom. The van der Waals surface area contributed by atoms with Gasteiger partial charge in [0.2, 0.25) is 17.7 Å². The lowest BCUT2D eigenvalue weighted by molar-refractivity contribution is -0.146. The highest BCUT2D eigenvalue weighted by Gasteiger charge is 2.39. The Kier molecular flexibility index (Phi) is 5.83. The number of nitrogens with zero attached hydrogens (tertiary/aromatic N) is 3. The van der Waals surface area contributed by atoms with Gasteiger partial charge in [0, 0.05) is 42.5 Å². The van der Waals surface area contributed by atoms with Gasteiger partial charge in [0.25, 0.3) is 0 Å². The van der Waals surface area contributed by atoms with E-state index >= 15 is 0 Å². The van der Waals surface area contributed by atoms with Gasteiger partial charge < -0.3 is 15.1 Å². The van der Waals surface area contributed by atoms with Crippen LogP contribution in [0.2, 0.25) is 0 Å². The molecule has 1 N–H and O–H groups in total. The minimum atomic E-state index is -0.421. The maximum atomic E-state index is 13.0. The predicted molar refractivity (Wildman–Crippen MR) is 104 cm³/mol. The van der Waals surface area contributed by atoms with Gasteiger partial charge in [-0.1, -0.05) is 20.8 Å². The van der Waals surface area contributed by atoms with Crippen molar-refractivity contribution in [2.24, 2.45) is 11.3 Å². The molecule has 3 heterocycles. The molecule has 8 heteroatoms. The van der Waals surface area contributed by atoms with Crippen molar-refractivity contribution in [3.8, 4) is 0 Å². The van der Waals surface area contributed by atoms with Crippen LogP contribution in [0.5, 0.6) is 0 Å². The molecule has 0 radical (unpaired) electrons. The van der Waals surface area contributed by atoms with E-state index in [1.54, 1.807) is 16.5 Å². The number of carbonyl (C=O) groups excluding carboxylic acids is 3. The van der Waals surface area contributed by atoms with Crippen molar-refractivity contribution in [2.45, 2.75) is 52.5 Å². The third-order valence-corrected chi connectivity index (χ3v) is 5.96. The maximum Gasteiger partial charge on any atom is 0.248 e. The van der Waals surface area contributed by atoms with Crippen LogP contribution in [0.4, 0.5) is 5.13 Å². The Morgan fingerprint density at radius 2 is 1.85 bits per heavy atom. The van der Waals surface area contributed by atoms with E-state index in [-0.39, 0.29) is 23.6 Å². The van der Waals surface area contributed by atoms with Crippen molar-refractivity contribution < 1.29 is 14.4 Å². The standard InChI is InChI=1S/C19H28N4O3S/c1-19(2,3)17(26)22-10-6-13(7-11-22)16(25)23-9-4-5-14(23)15(24)21-18-20-8-12-27-18/h8,12-14H,4-7,9-11H2,1-3H3,(H,20,21,24)/t14-/m1/s1. The van der Waals surface area contributed by atoms with Gasteiger partial charge in [-0.2, -0.15) is 0 Å². The number of anilines is 1. The molecule has 1 atom stereocenters. The second kappa shape index (κ2) is 7.96. The van der Waals surface area contributed by atoms with E-state index in [2.05, 4.69) is 10.3 Å². The van der Waals surface area contributed by atoms with Crippen molar-refractivity contribution >= 4 is 34.2 Å². The molecule has 1 aromatic heterocycles. The molecule has 2 saturated heterocycles. The van der Waals surface area contributed by atoms with Crippen LogP contribution in [0.3, 0.4) is 0 Å². The van der Waals surface area contributed by atoms with Gasteiger partial charge in [-0.15, -0.1) is 11.3 Å². The maximum absolute atomic E-state index is 13.0. The third-order valence-electron chi connectivity index (χ3n) is 5.27. The number of amides is 3. The molecule has 0 bridgehead atoms. The molecule has 0 aliphatic carbocycles. The van der Waals surface area contributed by atoms with Crippen molar-refractivity contribution in [3.63, 3.8) is 0 Å². The molecule has 3 rings (SSSR count). The second-order valence-electron chi connectivity index (χ2n) is 8.33. The van der Waals surface area contributed by atoms with E-state index in [4.69, 9.17) is 0 Å². The minimum Gasteiger partial charge on any atom is -0.342 e. The normalized spacial score (nSPS) is 21.4. The zero-order valence-electron chi connectivity index (χ0n) is 16.2. The van der Waals surface area contributed by atoms with Crippen LogP contribution in [0.15, 0.2) is 11.6 Å². The van der Waals surface area contributed by atoms with Crippen LogP contribution in [0.1, 0.15) is 46.5 Å². The summed E-state index contributed by atoms with van der Waals surface area (Å²) in [7, 11) is 0. The number of rotatable bonds is 3. The fourth-order valence-corrected chi connectivity index (χ4v) is 4.35. The second-order valence-corrected chi connectivity index (χ2v) is 9.23. The Morgan fingerprint density at radius 1 is 1.15 bits per heavy atom. The Bertz CT molecular complexity index is 690. The fourth-order valence-electron chi connectivity index (χ4n) is 3.82. The van der Waals surface area contributed by atoms with Gasteiger partial charge in [-0.3, -0.25) is 14.4 Å². The smallest absolute Gasteiger partial charge is 0.248 e. The summed E-state index contributed by atoms with van der Waals surface area (Å²) in [5.74, 6) is -0.0802. The molecule has 2 aliphatic heterocycles. The van der Waals surface area contributed by atoms with E-state index in [0.717, 1.165) is 6.42 Å². The number of piperidine rings is 1. The number of hydrogen-bond donors (Lipinski definition) is 1. The van der Waals surface area contributed by atoms with Crippen molar-refractivity contribution in [3.05, 3.63) is 11.6 Å². The van der Waals surface area contributed by atoms with Crippen molar-refractivity contribution in [1.29, 1.82) is 0 Å². The molecule has 2 aliphatic rings. The summed E-state index contributed by atoms with van der Waals surface area (Å²) < 4.78 is 0. The van der Waals surface area contributed by atoms with Crippen molar-refractivity contribution in [1.82, 2.24) is 14.8 Å². The van der Waals surface area contributed by atoms with Crippen LogP contribution in [-0.4, -0.2) is 58.2 Å². The summed E-state index contributed by atoms with van der Waals surface area (Å²) in [6.07, 6.45) is 4.49. The lowest BCUT2D eigenvalue weighted by atomic mass is 9.90. The van der Waals surface area contributed by atoms with Gasteiger partial charge in [-0.05, 0) is 25.7 Å². The first-order chi connectivity index (χ1) is 12.8. The first-order valence-electron chi connectivity index (χ1n) is 9.57. The zero-order chi connectivity index (χ0) is 19.6. The number of likely N-dealkylation sites (tertiary alicyclic amines) is 2. The molecular weight excluding hydrogens is 364 g/mol. The quantitative estimate of drug-likeness (QED) is 0.856. The first kappa shape index (κ1) is 19.8. The van der Waals surface area contributed by atoms with E-state index in [1.807, 2.05) is 25.7 Å². The summed E-state index contributed by atoms with van der Waals surface area (Å²) in [5, 5.41) is 5.18. The molecule has 7 nitrogen and oxygen atoms in total. The molecule has 3 amide bonds. The van der Waals surface area contributed by atoms with Crippen LogP contribution < -0.4 is 5.32 Å². The summed E-state index contributed by atoms with van der Waals surface area (Å²) in [6.45, 7) is 7.59. The summed E-state index contributed by atoms with van der Waals surface area (Å²) in [4.78, 5) is 45.7.